The van der Waals surface area contributed by atoms with Crippen molar-refractivity contribution in [2.45, 2.75) is 60.5 Å². The van der Waals surface area contributed by atoms with Crippen LogP contribution in [0.4, 0.5) is 0 Å². The predicted octanol–water partition coefficient (Wildman–Crippen LogP) is 4.94. The Morgan fingerprint density at radius 3 is 2.44 bits per heavy atom. The number of benzene rings is 1. The van der Waals surface area contributed by atoms with E-state index in [-0.39, 0.29) is 12.0 Å². The summed E-state index contributed by atoms with van der Waals surface area (Å²) in [6, 6.07) is 6.58. The molecule has 170 valence electrons. The summed E-state index contributed by atoms with van der Waals surface area (Å²) < 4.78 is 5.26. The molecule has 1 aliphatic rings. The minimum Gasteiger partial charge on any atom is -0.458 e. The second kappa shape index (κ2) is 11.8. The van der Waals surface area contributed by atoms with Crippen LogP contribution in [0.25, 0.3) is 0 Å². The van der Waals surface area contributed by atoms with E-state index >= 15 is 0 Å². The first-order chi connectivity index (χ1) is 15.1. The Morgan fingerprint density at radius 1 is 1.12 bits per heavy atom. The number of carbonyl (C=O) groups excluding carboxylic acids is 1. The molecule has 0 amide bonds. The van der Waals surface area contributed by atoms with Crippen molar-refractivity contribution < 1.29 is 19.6 Å². The van der Waals surface area contributed by atoms with Crippen molar-refractivity contribution in [1.29, 1.82) is 0 Å². The van der Waals surface area contributed by atoms with Gasteiger partial charge in [0.05, 0.1) is 0 Å². The van der Waals surface area contributed by atoms with Gasteiger partial charge in [0, 0.05) is 6.08 Å². The molecule has 0 radical (unpaired) electrons. The van der Waals surface area contributed by atoms with Gasteiger partial charge in [-0.3, -0.25) is 0 Å². The third-order valence-corrected chi connectivity index (χ3v) is 5.78. The maximum Gasteiger partial charge on any atom is 0.488 e. The van der Waals surface area contributed by atoms with Gasteiger partial charge in [0.1, 0.15) is 6.61 Å². The fourth-order valence-corrected chi connectivity index (χ4v) is 3.85. The smallest absolute Gasteiger partial charge is 0.458 e. The lowest BCUT2D eigenvalue weighted by Crippen LogP contribution is -2.29. The van der Waals surface area contributed by atoms with Crippen LogP contribution < -0.4 is 5.46 Å². The van der Waals surface area contributed by atoms with Gasteiger partial charge in [-0.25, -0.2) is 4.79 Å². The summed E-state index contributed by atoms with van der Waals surface area (Å²) in [7, 11) is -1.50. The van der Waals surface area contributed by atoms with Gasteiger partial charge in [0.2, 0.25) is 0 Å². The van der Waals surface area contributed by atoms with Crippen molar-refractivity contribution in [2.75, 3.05) is 0 Å². The van der Waals surface area contributed by atoms with Gasteiger partial charge in [-0.15, -0.1) is 0 Å². The van der Waals surface area contributed by atoms with Crippen LogP contribution in [-0.4, -0.2) is 23.1 Å². The van der Waals surface area contributed by atoms with Crippen LogP contribution in [0.1, 0.15) is 59.4 Å². The van der Waals surface area contributed by atoms with E-state index in [4.69, 9.17) is 14.8 Å². The molecule has 0 unspecified atom stereocenters. The number of carbonyl (C=O) groups is 1. The van der Waals surface area contributed by atoms with Gasteiger partial charge in [0.25, 0.3) is 0 Å². The second-order valence-electron chi connectivity index (χ2n) is 9.15. The fourth-order valence-electron chi connectivity index (χ4n) is 3.85. The van der Waals surface area contributed by atoms with E-state index in [2.05, 4.69) is 39.8 Å². The third kappa shape index (κ3) is 8.14. The average molecular weight is 434 g/mol. The molecule has 2 N–H and O–H groups in total. The Hall–Kier alpha value is -2.63. The Bertz CT molecular complexity index is 944. The summed E-state index contributed by atoms with van der Waals surface area (Å²) in [5.41, 5.74) is 6.29. The lowest BCUT2D eigenvalue weighted by Gasteiger charge is -2.32. The van der Waals surface area contributed by atoms with Crippen LogP contribution in [0.3, 0.4) is 0 Å². The Morgan fingerprint density at radius 2 is 1.81 bits per heavy atom. The highest BCUT2D eigenvalue weighted by Crippen LogP contribution is 2.40. The normalized spacial score (nSPS) is 17.3. The molecule has 0 aliphatic heterocycles. The number of hydrogen-bond acceptors (Lipinski definition) is 4. The highest BCUT2D eigenvalue weighted by atomic mass is 16.5. The molecule has 0 atom stereocenters. The van der Waals surface area contributed by atoms with Gasteiger partial charge in [-0.1, -0.05) is 79.6 Å². The summed E-state index contributed by atoms with van der Waals surface area (Å²) in [5.74, 6) is -0.416. The minimum absolute atomic E-state index is 0.129. The first-order valence-corrected chi connectivity index (χ1v) is 11.1. The molecule has 0 saturated heterocycles. The van der Waals surface area contributed by atoms with Crippen LogP contribution in [-0.2, 0) is 16.1 Å². The molecule has 0 fully saturated rings. The van der Waals surface area contributed by atoms with E-state index < -0.39 is 13.1 Å². The largest absolute Gasteiger partial charge is 0.488 e. The highest BCUT2D eigenvalue weighted by Gasteiger charge is 2.26. The minimum atomic E-state index is -1.50. The molecule has 2 rings (SSSR count). The molecule has 32 heavy (non-hydrogen) atoms. The van der Waals surface area contributed by atoms with Crippen LogP contribution >= 0.6 is 0 Å². The zero-order valence-corrected chi connectivity index (χ0v) is 19.9. The molecular formula is C27H35BO4. The molecule has 1 aliphatic carbocycles. The molecule has 0 heterocycles. The molecule has 1 aromatic carbocycles. The van der Waals surface area contributed by atoms with Crippen LogP contribution in [0.15, 0.2) is 83.0 Å². The van der Waals surface area contributed by atoms with Crippen LogP contribution in [0.5, 0.6) is 0 Å². The quantitative estimate of drug-likeness (QED) is 0.263. The average Bonchev–Trinajstić information content (AvgIpc) is 2.71. The summed E-state index contributed by atoms with van der Waals surface area (Å²) in [6.07, 6.45) is 15.4. The molecule has 1 aromatic rings. The molecule has 0 aromatic heterocycles. The van der Waals surface area contributed by atoms with E-state index in [1.807, 2.05) is 25.2 Å². The van der Waals surface area contributed by atoms with E-state index in [1.165, 1.54) is 36.5 Å². The van der Waals surface area contributed by atoms with Gasteiger partial charge in [-0.2, -0.15) is 0 Å². The zero-order valence-electron chi connectivity index (χ0n) is 19.9. The van der Waals surface area contributed by atoms with Gasteiger partial charge in [-0.05, 0) is 67.6 Å². The number of ether oxygens (including phenoxy) is 1. The molecule has 0 spiro atoms. The maximum absolute atomic E-state index is 12.0. The van der Waals surface area contributed by atoms with E-state index in [9.17, 15) is 4.79 Å². The highest BCUT2D eigenvalue weighted by molar-refractivity contribution is 6.58. The lowest BCUT2D eigenvalue weighted by atomic mass is 9.72. The van der Waals surface area contributed by atoms with Crippen molar-refractivity contribution in [3.8, 4) is 0 Å². The number of rotatable bonds is 8. The van der Waals surface area contributed by atoms with Gasteiger partial charge in [0.15, 0.2) is 0 Å². The molecule has 4 nitrogen and oxygen atoms in total. The van der Waals surface area contributed by atoms with Gasteiger partial charge < -0.3 is 14.8 Å². The predicted molar refractivity (Wildman–Crippen MR) is 132 cm³/mol. The summed E-state index contributed by atoms with van der Waals surface area (Å²) >= 11 is 0. The maximum atomic E-state index is 12.0. The monoisotopic (exact) mass is 434 g/mol. The fraction of sp³-hybridized carbons (Fsp3) is 0.370. The van der Waals surface area contributed by atoms with Crippen molar-refractivity contribution >= 4 is 18.6 Å². The Kier molecular flexibility index (Phi) is 9.49. The molecule has 0 saturated carbocycles. The molecule has 0 bridgehead atoms. The second-order valence-corrected chi connectivity index (χ2v) is 9.15. The summed E-state index contributed by atoms with van der Waals surface area (Å²) in [6.45, 7) is 10.9. The number of allylic oxidation sites excluding steroid dienone is 9. The Balaban J connectivity index is 1.88. The van der Waals surface area contributed by atoms with Crippen molar-refractivity contribution in [1.82, 2.24) is 0 Å². The van der Waals surface area contributed by atoms with E-state index in [1.54, 1.807) is 24.3 Å². The van der Waals surface area contributed by atoms with E-state index in [0.717, 1.165) is 16.7 Å². The molecular weight excluding hydrogens is 399 g/mol. The Labute approximate surface area is 192 Å². The zero-order chi connectivity index (χ0) is 23.7. The van der Waals surface area contributed by atoms with Crippen molar-refractivity contribution in [3.05, 3.63) is 88.6 Å². The molecule has 5 heteroatoms. The van der Waals surface area contributed by atoms with Crippen molar-refractivity contribution in [2.24, 2.45) is 5.41 Å². The van der Waals surface area contributed by atoms with Crippen LogP contribution in [0.2, 0.25) is 0 Å². The third-order valence-electron chi connectivity index (χ3n) is 5.78. The van der Waals surface area contributed by atoms with E-state index in [0.29, 0.717) is 5.46 Å². The lowest BCUT2D eigenvalue weighted by molar-refractivity contribution is -0.139. The first-order valence-electron chi connectivity index (χ1n) is 11.1. The number of esters is 1. The van der Waals surface area contributed by atoms with Crippen LogP contribution in [0, 0.1) is 5.41 Å². The van der Waals surface area contributed by atoms with Crippen molar-refractivity contribution in [3.63, 3.8) is 0 Å². The summed E-state index contributed by atoms with van der Waals surface area (Å²) in [5, 5.41) is 18.2. The SMILES string of the molecule is CC1=C(/C=C/C(C)=C/C=C/C(C)=C/C(=O)OCc2ccc(B(O)O)cc2)C(C)(C)CCC1. The van der Waals surface area contributed by atoms with Gasteiger partial charge >= 0.3 is 13.1 Å². The topological polar surface area (TPSA) is 66.8 Å². The summed E-state index contributed by atoms with van der Waals surface area (Å²) in [4.78, 5) is 12.0. The standard InChI is InChI=1S/C27H35BO4/c1-20(11-16-25-22(3)10-7-17-27(25,4)5)8-6-9-21(2)18-26(29)32-19-23-12-14-24(15-13-23)28(30)31/h6,8-9,11-16,18,30-31H,7,10,17,19H2,1-5H3/b9-6+,16-11+,20-8+,21-18+. The number of hydrogen-bond donors (Lipinski definition) is 2. The first kappa shape index (κ1) is 25.6.